The number of methoxy groups -OCH3 is 2. The van der Waals surface area contributed by atoms with Gasteiger partial charge < -0.3 is 29.8 Å². The van der Waals surface area contributed by atoms with E-state index in [2.05, 4.69) is 15.6 Å². The fraction of sp³-hybridized carbons (Fsp3) is 0.250. The highest BCUT2D eigenvalue weighted by Crippen LogP contribution is 2.23. The summed E-state index contributed by atoms with van der Waals surface area (Å²) in [5.41, 5.74) is 2.86. The lowest BCUT2D eigenvalue weighted by molar-refractivity contribution is 0.0511. The van der Waals surface area contributed by atoms with Crippen LogP contribution in [-0.4, -0.2) is 38.6 Å². The summed E-state index contributed by atoms with van der Waals surface area (Å²) in [6, 6.07) is 12.7. The Labute approximate surface area is 157 Å². The first-order valence-corrected chi connectivity index (χ1v) is 8.60. The van der Waals surface area contributed by atoms with E-state index in [0.29, 0.717) is 24.4 Å². The Morgan fingerprint density at radius 3 is 2.59 bits per heavy atom. The number of fused-ring (bicyclic) bond motifs is 1. The van der Waals surface area contributed by atoms with Crippen LogP contribution >= 0.6 is 0 Å². The molecule has 3 N–H and O–H groups in total. The van der Waals surface area contributed by atoms with Crippen molar-refractivity contribution in [1.82, 2.24) is 10.3 Å². The van der Waals surface area contributed by atoms with Crippen molar-refractivity contribution >= 4 is 22.6 Å². The molecule has 2 amide bonds. The molecule has 3 rings (SSSR count). The van der Waals surface area contributed by atoms with E-state index in [-0.39, 0.29) is 12.8 Å². The van der Waals surface area contributed by atoms with Crippen molar-refractivity contribution in [2.45, 2.75) is 6.42 Å². The maximum atomic E-state index is 12.1. The maximum absolute atomic E-state index is 12.1. The molecule has 7 heteroatoms. The van der Waals surface area contributed by atoms with E-state index in [1.807, 2.05) is 24.4 Å². The zero-order valence-electron chi connectivity index (χ0n) is 15.4. The predicted octanol–water partition coefficient (Wildman–Crippen LogP) is 3.52. The van der Waals surface area contributed by atoms with Gasteiger partial charge in [0.05, 0.1) is 7.11 Å². The van der Waals surface area contributed by atoms with Crippen LogP contribution in [-0.2, 0) is 11.2 Å². The monoisotopic (exact) mass is 369 g/mol. The summed E-state index contributed by atoms with van der Waals surface area (Å²) >= 11 is 0. The molecule has 0 radical (unpaired) electrons. The summed E-state index contributed by atoms with van der Waals surface area (Å²) < 4.78 is 15.4. The van der Waals surface area contributed by atoms with Crippen molar-refractivity contribution < 1.29 is 19.0 Å². The molecule has 0 saturated heterocycles. The molecule has 0 unspecified atom stereocenters. The number of benzene rings is 2. The average molecular weight is 369 g/mol. The van der Waals surface area contributed by atoms with E-state index in [1.165, 1.54) is 0 Å². The predicted molar refractivity (Wildman–Crippen MR) is 105 cm³/mol. The zero-order chi connectivity index (χ0) is 19.1. The number of hydrogen-bond donors (Lipinski definition) is 3. The Morgan fingerprint density at radius 2 is 1.85 bits per heavy atom. The third-order valence-electron chi connectivity index (χ3n) is 4.11. The molecule has 0 bridgehead atoms. The van der Waals surface area contributed by atoms with Crippen molar-refractivity contribution in [3.8, 4) is 11.5 Å². The number of rotatable bonds is 8. The Balaban J connectivity index is 1.49. The van der Waals surface area contributed by atoms with Crippen molar-refractivity contribution in [3.63, 3.8) is 0 Å². The van der Waals surface area contributed by atoms with E-state index in [0.717, 1.165) is 22.2 Å². The average Bonchev–Trinajstić information content (AvgIpc) is 3.09. The minimum Gasteiger partial charge on any atom is -0.497 e. The van der Waals surface area contributed by atoms with Gasteiger partial charge in [-0.3, -0.25) is 0 Å². The highest BCUT2D eigenvalue weighted by atomic mass is 16.7. The van der Waals surface area contributed by atoms with Crippen LogP contribution in [0.2, 0.25) is 0 Å². The number of aromatic nitrogens is 1. The third kappa shape index (κ3) is 4.92. The van der Waals surface area contributed by atoms with Crippen LogP contribution in [0.25, 0.3) is 10.9 Å². The van der Waals surface area contributed by atoms with E-state index in [1.54, 1.807) is 38.5 Å². The van der Waals surface area contributed by atoms with Crippen LogP contribution in [0.1, 0.15) is 5.56 Å². The summed E-state index contributed by atoms with van der Waals surface area (Å²) in [6.07, 6.45) is 2.67. The fourth-order valence-corrected chi connectivity index (χ4v) is 2.74. The van der Waals surface area contributed by atoms with Gasteiger partial charge in [-0.2, -0.15) is 0 Å². The van der Waals surface area contributed by atoms with Gasteiger partial charge in [0.25, 0.3) is 0 Å². The first kappa shape index (κ1) is 18.6. The van der Waals surface area contributed by atoms with Crippen LogP contribution in [0.4, 0.5) is 10.5 Å². The van der Waals surface area contributed by atoms with Gasteiger partial charge in [-0.25, -0.2) is 4.79 Å². The summed E-state index contributed by atoms with van der Waals surface area (Å²) in [5.74, 6) is 1.49. The molecule has 1 aromatic heterocycles. The number of urea groups is 1. The van der Waals surface area contributed by atoms with Crippen LogP contribution in [0, 0.1) is 0 Å². The second-order valence-electron chi connectivity index (χ2n) is 5.93. The van der Waals surface area contributed by atoms with E-state index < -0.39 is 0 Å². The van der Waals surface area contributed by atoms with Crippen molar-refractivity contribution in [1.29, 1.82) is 0 Å². The minimum atomic E-state index is -0.252. The number of anilines is 1. The van der Waals surface area contributed by atoms with E-state index >= 15 is 0 Å². The molecule has 2 aromatic carbocycles. The lowest BCUT2D eigenvalue weighted by Gasteiger charge is -2.09. The normalized spacial score (nSPS) is 10.6. The largest absolute Gasteiger partial charge is 0.497 e. The SMILES string of the molecule is COCOc1ccc(NC(=O)NCCc2c[nH]c3ccc(OC)cc23)cc1. The molecule has 1 heterocycles. The second-order valence-corrected chi connectivity index (χ2v) is 5.93. The molecular weight excluding hydrogens is 346 g/mol. The fourth-order valence-electron chi connectivity index (χ4n) is 2.74. The molecule has 0 atom stereocenters. The van der Waals surface area contributed by atoms with Crippen molar-refractivity contribution in [2.75, 3.05) is 32.9 Å². The number of ether oxygens (including phenoxy) is 3. The summed E-state index contributed by atoms with van der Waals surface area (Å²) in [6.45, 7) is 0.706. The van der Waals surface area contributed by atoms with Crippen molar-refractivity contribution in [3.05, 3.63) is 54.2 Å². The Bertz CT molecular complexity index is 890. The summed E-state index contributed by atoms with van der Waals surface area (Å²) in [7, 11) is 3.21. The van der Waals surface area contributed by atoms with Crippen LogP contribution in [0.5, 0.6) is 11.5 Å². The number of carbonyl (C=O) groups excluding carboxylic acids is 1. The molecule has 27 heavy (non-hydrogen) atoms. The van der Waals surface area contributed by atoms with Gasteiger partial charge in [0, 0.05) is 36.4 Å². The van der Waals surface area contributed by atoms with Crippen LogP contribution in [0.15, 0.2) is 48.7 Å². The molecule has 7 nitrogen and oxygen atoms in total. The Hall–Kier alpha value is -3.19. The minimum absolute atomic E-state index is 0.187. The number of hydrogen-bond acceptors (Lipinski definition) is 4. The first-order valence-electron chi connectivity index (χ1n) is 8.60. The lowest BCUT2D eigenvalue weighted by atomic mass is 10.1. The summed E-state index contributed by atoms with van der Waals surface area (Å²) in [5, 5.41) is 6.76. The first-order chi connectivity index (χ1) is 13.2. The zero-order valence-corrected chi connectivity index (χ0v) is 15.4. The molecule has 3 aromatic rings. The Kier molecular flexibility index (Phi) is 6.17. The Morgan fingerprint density at radius 1 is 1.07 bits per heavy atom. The molecule has 0 aliphatic rings. The second kappa shape index (κ2) is 8.95. The molecule has 0 fully saturated rings. The number of carbonyl (C=O) groups is 1. The van der Waals surface area contributed by atoms with Crippen LogP contribution in [0.3, 0.4) is 0 Å². The third-order valence-corrected chi connectivity index (χ3v) is 4.11. The molecule has 142 valence electrons. The van der Waals surface area contributed by atoms with Gasteiger partial charge in [0.2, 0.25) is 0 Å². The molecular formula is C20H23N3O4. The van der Waals surface area contributed by atoms with Gasteiger partial charge in [-0.05, 0) is 54.4 Å². The van der Waals surface area contributed by atoms with Gasteiger partial charge in [0.1, 0.15) is 11.5 Å². The lowest BCUT2D eigenvalue weighted by Crippen LogP contribution is -2.30. The number of amides is 2. The van der Waals surface area contributed by atoms with Gasteiger partial charge in [-0.15, -0.1) is 0 Å². The molecule has 0 aliphatic carbocycles. The topological polar surface area (TPSA) is 84.6 Å². The standard InChI is InChI=1S/C20H23N3O4/c1-25-13-27-16-5-3-15(4-6-16)23-20(24)21-10-9-14-12-22-19-8-7-17(26-2)11-18(14)19/h3-8,11-12,22H,9-10,13H2,1-2H3,(H2,21,23,24). The quantitative estimate of drug-likeness (QED) is 0.531. The smallest absolute Gasteiger partial charge is 0.319 e. The van der Waals surface area contributed by atoms with Gasteiger partial charge in [0.15, 0.2) is 6.79 Å². The van der Waals surface area contributed by atoms with Gasteiger partial charge in [-0.1, -0.05) is 0 Å². The highest BCUT2D eigenvalue weighted by Gasteiger charge is 2.07. The van der Waals surface area contributed by atoms with Gasteiger partial charge >= 0.3 is 6.03 Å². The molecule has 0 spiro atoms. The molecule has 0 saturated carbocycles. The highest BCUT2D eigenvalue weighted by molar-refractivity contribution is 5.89. The van der Waals surface area contributed by atoms with Crippen LogP contribution < -0.4 is 20.1 Å². The number of aromatic amines is 1. The maximum Gasteiger partial charge on any atom is 0.319 e. The van der Waals surface area contributed by atoms with Crippen molar-refractivity contribution in [2.24, 2.45) is 0 Å². The number of H-pyrrole nitrogens is 1. The number of nitrogens with one attached hydrogen (secondary N) is 3. The van der Waals surface area contributed by atoms with E-state index in [4.69, 9.17) is 14.2 Å². The van der Waals surface area contributed by atoms with E-state index in [9.17, 15) is 4.79 Å². The molecule has 0 aliphatic heterocycles. The summed E-state index contributed by atoms with van der Waals surface area (Å²) in [4.78, 5) is 15.3.